The van der Waals surface area contributed by atoms with Gasteiger partial charge in [-0.15, -0.1) is 35.4 Å². The van der Waals surface area contributed by atoms with Crippen LogP contribution in [0.1, 0.15) is 35.1 Å². The third kappa shape index (κ3) is 4.90. The van der Waals surface area contributed by atoms with Crippen molar-refractivity contribution in [2.24, 2.45) is 0 Å². The van der Waals surface area contributed by atoms with Gasteiger partial charge in [0.25, 0.3) is 0 Å². The minimum Gasteiger partial charge on any atom is -0.509 e. The van der Waals surface area contributed by atoms with Crippen molar-refractivity contribution in [3.05, 3.63) is 95.3 Å². The van der Waals surface area contributed by atoms with E-state index in [0.29, 0.717) is 11.5 Å². The first-order chi connectivity index (χ1) is 17.1. The molecule has 0 unspecified atom stereocenters. The molecule has 0 bridgehead atoms. The molecule has 2 aliphatic rings. The van der Waals surface area contributed by atoms with E-state index in [0.717, 1.165) is 61.8 Å². The number of hydrogen-bond acceptors (Lipinski definition) is 5. The average Bonchev–Trinajstić information content (AvgIpc) is 2.88. The van der Waals surface area contributed by atoms with E-state index >= 15 is 0 Å². The van der Waals surface area contributed by atoms with Crippen LogP contribution in [-0.2, 0) is 33.9 Å². The van der Waals surface area contributed by atoms with Gasteiger partial charge in [0.1, 0.15) is 11.6 Å². The molecule has 0 saturated carbocycles. The van der Waals surface area contributed by atoms with Gasteiger partial charge < -0.3 is 14.5 Å². The molecule has 4 aromatic rings. The van der Waals surface area contributed by atoms with Crippen LogP contribution < -0.4 is 14.5 Å². The van der Waals surface area contributed by atoms with E-state index in [4.69, 9.17) is 4.74 Å². The number of ether oxygens (including phenoxy) is 1. The van der Waals surface area contributed by atoms with Gasteiger partial charge in [0, 0.05) is 37.0 Å². The summed E-state index contributed by atoms with van der Waals surface area (Å²) in [5.74, 6) is 3.30. The number of aryl methyl sites for hydroxylation is 4. The summed E-state index contributed by atoms with van der Waals surface area (Å²) in [5, 5.41) is 0. The fourth-order valence-corrected chi connectivity index (χ4v) is 4.98. The summed E-state index contributed by atoms with van der Waals surface area (Å²) in [5.41, 5.74) is 7.05. The van der Waals surface area contributed by atoms with E-state index in [1.165, 1.54) is 22.3 Å². The molecule has 0 aliphatic carbocycles. The number of hydrogen-bond donors (Lipinski definition) is 0. The van der Waals surface area contributed by atoms with Gasteiger partial charge >= 0.3 is 21.1 Å². The Bertz CT molecular complexity index is 1280. The Morgan fingerprint density at radius 3 is 1.61 bits per heavy atom. The van der Waals surface area contributed by atoms with Crippen molar-refractivity contribution in [1.29, 1.82) is 0 Å². The molecule has 0 amide bonds. The van der Waals surface area contributed by atoms with E-state index in [2.05, 4.69) is 70.0 Å². The van der Waals surface area contributed by atoms with Crippen LogP contribution in [0.4, 0.5) is 23.0 Å². The third-order valence-corrected chi connectivity index (χ3v) is 6.73. The van der Waals surface area contributed by atoms with E-state index in [-0.39, 0.29) is 21.1 Å². The number of fused-ring (bicyclic) bond motifs is 2. The van der Waals surface area contributed by atoms with Crippen molar-refractivity contribution in [2.75, 3.05) is 22.9 Å². The molecule has 2 aromatic heterocycles. The minimum absolute atomic E-state index is 0. The van der Waals surface area contributed by atoms with Crippen molar-refractivity contribution in [3.8, 4) is 11.5 Å². The first-order valence-electron chi connectivity index (χ1n) is 12.3. The van der Waals surface area contributed by atoms with Crippen LogP contribution in [0.25, 0.3) is 0 Å². The Balaban J connectivity index is 0.00000267. The van der Waals surface area contributed by atoms with Crippen molar-refractivity contribution in [2.45, 2.75) is 39.5 Å². The first kappa shape index (κ1) is 24.5. The Morgan fingerprint density at radius 2 is 1.17 bits per heavy atom. The molecule has 5 nitrogen and oxygen atoms in total. The van der Waals surface area contributed by atoms with Gasteiger partial charge in [-0.1, -0.05) is 24.2 Å². The molecule has 0 radical (unpaired) electrons. The molecule has 0 spiro atoms. The van der Waals surface area contributed by atoms with Crippen molar-refractivity contribution >= 4 is 23.0 Å². The molecule has 0 saturated heterocycles. The maximum Gasteiger partial charge on any atom is 2.00 e. The Hall–Kier alpha value is -3.17. The Morgan fingerprint density at radius 1 is 0.694 bits per heavy atom. The van der Waals surface area contributed by atoms with Crippen LogP contribution >= 0.6 is 0 Å². The summed E-state index contributed by atoms with van der Waals surface area (Å²) in [4.78, 5) is 13.7. The standard InChI is InChI=1S/C30H28N4O.Pt/c1-21-11-13-31-29(17-21)33-15-3-5-23-7-9-25(19-27(23)33)35-26-10-8-24-6-4-16-34(28(24)20-26)30-18-22(2)12-14-32-30;/h7-14,17-18H,3-6,15-16H2,1-2H3;/q-2;+2. The molecule has 2 aromatic carbocycles. The van der Waals surface area contributed by atoms with Crippen LogP contribution in [0.15, 0.2) is 60.9 Å². The summed E-state index contributed by atoms with van der Waals surface area (Å²) in [6.07, 6.45) is 8.01. The van der Waals surface area contributed by atoms with Crippen LogP contribution in [-0.4, -0.2) is 23.1 Å². The third-order valence-electron chi connectivity index (χ3n) is 6.73. The van der Waals surface area contributed by atoms with E-state index < -0.39 is 0 Å². The normalized spacial score (nSPS) is 14.5. The smallest absolute Gasteiger partial charge is 0.509 e. The topological polar surface area (TPSA) is 41.5 Å². The molecular formula is C30H28N4OPt. The summed E-state index contributed by atoms with van der Waals surface area (Å²) < 4.78 is 6.32. The van der Waals surface area contributed by atoms with Gasteiger partial charge in [-0.3, -0.25) is 0 Å². The number of anilines is 4. The predicted molar refractivity (Wildman–Crippen MR) is 139 cm³/mol. The van der Waals surface area contributed by atoms with Crippen LogP contribution in [0.3, 0.4) is 0 Å². The van der Waals surface area contributed by atoms with Gasteiger partial charge in [0.05, 0.1) is 0 Å². The van der Waals surface area contributed by atoms with Crippen molar-refractivity contribution < 1.29 is 25.8 Å². The summed E-state index contributed by atoms with van der Waals surface area (Å²) in [6, 6.07) is 23.7. The zero-order valence-electron chi connectivity index (χ0n) is 20.5. The minimum atomic E-state index is 0. The summed E-state index contributed by atoms with van der Waals surface area (Å²) in [6.45, 7) is 6.04. The molecule has 4 heterocycles. The second kappa shape index (κ2) is 10.4. The molecule has 36 heavy (non-hydrogen) atoms. The van der Waals surface area contributed by atoms with Gasteiger partial charge in [-0.25, -0.2) is 9.97 Å². The fraction of sp³-hybridized carbons (Fsp3) is 0.267. The number of aromatic nitrogens is 2. The van der Waals surface area contributed by atoms with Crippen molar-refractivity contribution in [1.82, 2.24) is 9.97 Å². The number of rotatable bonds is 4. The van der Waals surface area contributed by atoms with Crippen LogP contribution in [0.5, 0.6) is 11.5 Å². The fourth-order valence-electron chi connectivity index (χ4n) is 4.98. The molecule has 0 N–H and O–H groups in total. The predicted octanol–water partition coefficient (Wildman–Crippen LogP) is 6.65. The largest absolute Gasteiger partial charge is 2.00 e. The zero-order valence-corrected chi connectivity index (χ0v) is 22.8. The molecule has 184 valence electrons. The SMILES string of the molecule is Cc1ccnc(N2CCCc3ccc(Oc4[c-]c5c(cc4)CCCN5c4cc(C)ccn4)[c-]c32)c1.[Pt+2]. The van der Waals surface area contributed by atoms with Crippen LogP contribution in [0.2, 0.25) is 0 Å². The van der Waals surface area contributed by atoms with E-state index in [1.807, 2.05) is 36.7 Å². The van der Waals surface area contributed by atoms with E-state index in [9.17, 15) is 0 Å². The zero-order chi connectivity index (χ0) is 23.8. The van der Waals surface area contributed by atoms with Crippen LogP contribution in [0, 0.1) is 26.0 Å². The first-order valence-corrected chi connectivity index (χ1v) is 12.3. The molecule has 2 aliphatic heterocycles. The summed E-state index contributed by atoms with van der Waals surface area (Å²) in [7, 11) is 0. The number of nitrogens with zero attached hydrogens (tertiary/aromatic N) is 4. The Kier molecular flexibility index (Phi) is 7.11. The second-order valence-electron chi connectivity index (χ2n) is 9.39. The number of benzene rings is 2. The quantitative estimate of drug-likeness (QED) is 0.231. The molecule has 0 atom stereocenters. The molecule has 0 fully saturated rings. The van der Waals surface area contributed by atoms with Gasteiger partial charge in [-0.05, 0) is 62.1 Å². The van der Waals surface area contributed by atoms with Gasteiger partial charge in [0.15, 0.2) is 0 Å². The monoisotopic (exact) mass is 655 g/mol. The molecule has 6 rings (SSSR count). The molecular weight excluding hydrogens is 627 g/mol. The van der Waals surface area contributed by atoms with E-state index in [1.54, 1.807) is 0 Å². The summed E-state index contributed by atoms with van der Waals surface area (Å²) >= 11 is 0. The number of pyridine rings is 2. The van der Waals surface area contributed by atoms with Gasteiger partial charge in [0.2, 0.25) is 0 Å². The van der Waals surface area contributed by atoms with Crippen molar-refractivity contribution in [3.63, 3.8) is 0 Å². The molecule has 6 heteroatoms. The van der Waals surface area contributed by atoms with Gasteiger partial charge in [-0.2, -0.15) is 12.1 Å². The maximum atomic E-state index is 6.32. The average molecular weight is 656 g/mol. The maximum absolute atomic E-state index is 6.32. The second-order valence-corrected chi connectivity index (χ2v) is 9.39. The Labute approximate surface area is 227 Å².